The second-order valence-corrected chi connectivity index (χ2v) is 6.34. The van der Waals surface area contributed by atoms with Crippen LogP contribution in [0, 0.1) is 5.92 Å². The lowest BCUT2D eigenvalue weighted by molar-refractivity contribution is 0.261. The summed E-state index contributed by atoms with van der Waals surface area (Å²) < 4.78 is 0. The van der Waals surface area contributed by atoms with Gasteiger partial charge in [-0.2, -0.15) is 0 Å². The van der Waals surface area contributed by atoms with E-state index in [0.29, 0.717) is 12.0 Å². The molecule has 0 spiro atoms. The summed E-state index contributed by atoms with van der Waals surface area (Å²) in [5.41, 5.74) is 5.81. The van der Waals surface area contributed by atoms with Crippen molar-refractivity contribution in [2.75, 3.05) is 13.1 Å². The number of aromatic amines is 1. The van der Waals surface area contributed by atoms with Crippen molar-refractivity contribution < 1.29 is 0 Å². The Labute approximate surface area is 120 Å². The molecule has 4 rings (SSSR count). The molecule has 1 saturated heterocycles. The van der Waals surface area contributed by atoms with E-state index < -0.39 is 0 Å². The van der Waals surface area contributed by atoms with Gasteiger partial charge in [-0.25, -0.2) is 0 Å². The number of likely N-dealkylation sites (tertiary alicyclic amines) is 1. The summed E-state index contributed by atoms with van der Waals surface area (Å²) in [7, 11) is 0. The number of rotatable bonds is 2. The minimum Gasteiger partial charge on any atom is -0.361 e. The van der Waals surface area contributed by atoms with E-state index in [0.717, 1.165) is 6.42 Å². The average Bonchev–Trinajstić information content (AvgIpc) is 2.90. The van der Waals surface area contributed by atoms with Gasteiger partial charge in [0.1, 0.15) is 0 Å². The highest BCUT2D eigenvalue weighted by Crippen LogP contribution is 2.38. The molecule has 2 heterocycles. The number of hydrogen-bond donors (Lipinski definition) is 1. The number of H-pyrrole nitrogens is 1. The molecule has 20 heavy (non-hydrogen) atoms. The van der Waals surface area contributed by atoms with Gasteiger partial charge >= 0.3 is 0 Å². The summed E-state index contributed by atoms with van der Waals surface area (Å²) in [4.78, 5) is 6.12. The molecule has 0 bridgehead atoms. The van der Waals surface area contributed by atoms with Crippen molar-refractivity contribution in [3.05, 3.63) is 41.1 Å². The topological polar surface area (TPSA) is 19.0 Å². The molecule has 2 heteroatoms. The van der Waals surface area contributed by atoms with Gasteiger partial charge in [-0.3, -0.25) is 4.90 Å². The van der Waals surface area contributed by atoms with Crippen LogP contribution in [0.1, 0.15) is 31.4 Å². The maximum absolute atomic E-state index is 3.44. The van der Waals surface area contributed by atoms with E-state index in [1.165, 1.54) is 41.5 Å². The minimum absolute atomic E-state index is 0.608. The highest BCUT2D eigenvalue weighted by atomic mass is 15.2. The normalized spacial score (nSPS) is 25.6. The lowest BCUT2D eigenvalue weighted by atomic mass is 9.96. The maximum atomic E-state index is 3.44. The second-order valence-electron chi connectivity index (χ2n) is 6.34. The largest absolute Gasteiger partial charge is 0.361 e. The zero-order valence-corrected chi connectivity index (χ0v) is 12.3. The fourth-order valence-electron chi connectivity index (χ4n) is 4.10. The molecule has 2 nitrogen and oxygen atoms in total. The Morgan fingerprint density at radius 1 is 1.35 bits per heavy atom. The second kappa shape index (κ2) is 4.49. The van der Waals surface area contributed by atoms with Crippen LogP contribution >= 0.6 is 0 Å². The third kappa shape index (κ3) is 1.68. The molecule has 0 radical (unpaired) electrons. The van der Waals surface area contributed by atoms with Crippen molar-refractivity contribution >= 4 is 17.0 Å². The smallest absolute Gasteiger partial charge is 0.0462 e. The molecule has 0 unspecified atom stereocenters. The molecule has 1 fully saturated rings. The van der Waals surface area contributed by atoms with Gasteiger partial charge in [0.25, 0.3) is 0 Å². The number of nitrogens with zero attached hydrogens (tertiary/aromatic N) is 1. The van der Waals surface area contributed by atoms with Crippen LogP contribution in [-0.2, 0) is 6.42 Å². The summed E-state index contributed by atoms with van der Waals surface area (Å²) in [6, 6.07) is 7.23. The van der Waals surface area contributed by atoms with Crippen molar-refractivity contribution in [2.45, 2.75) is 32.7 Å². The Morgan fingerprint density at radius 3 is 3.10 bits per heavy atom. The predicted octanol–water partition coefficient (Wildman–Crippen LogP) is 3.84. The molecule has 2 atom stereocenters. The third-order valence-electron chi connectivity index (χ3n) is 4.97. The van der Waals surface area contributed by atoms with Gasteiger partial charge in [-0.05, 0) is 48.1 Å². The Balaban J connectivity index is 1.87. The Kier molecular flexibility index (Phi) is 2.74. The molecule has 1 N–H and O–H groups in total. The van der Waals surface area contributed by atoms with E-state index in [-0.39, 0.29) is 0 Å². The van der Waals surface area contributed by atoms with Gasteiger partial charge in [0.15, 0.2) is 0 Å². The van der Waals surface area contributed by atoms with Crippen molar-refractivity contribution in [2.24, 2.45) is 5.92 Å². The first-order valence-electron chi connectivity index (χ1n) is 7.82. The Morgan fingerprint density at radius 2 is 2.25 bits per heavy atom. The van der Waals surface area contributed by atoms with Crippen LogP contribution in [0.25, 0.3) is 17.0 Å². The van der Waals surface area contributed by atoms with Gasteiger partial charge in [-0.1, -0.05) is 32.1 Å². The van der Waals surface area contributed by atoms with E-state index in [1.54, 1.807) is 5.57 Å². The van der Waals surface area contributed by atoms with Gasteiger partial charge in [0.05, 0.1) is 0 Å². The Bertz CT molecular complexity index is 680. The first-order chi connectivity index (χ1) is 9.78. The van der Waals surface area contributed by atoms with Crippen LogP contribution in [0.3, 0.4) is 0 Å². The van der Waals surface area contributed by atoms with Gasteiger partial charge in [0, 0.05) is 29.7 Å². The maximum Gasteiger partial charge on any atom is 0.0462 e. The number of benzene rings is 1. The first-order valence-corrected chi connectivity index (χ1v) is 7.82. The number of nitrogens with one attached hydrogen (secondary N) is 1. The van der Waals surface area contributed by atoms with E-state index in [4.69, 9.17) is 0 Å². The van der Waals surface area contributed by atoms with Crippen LogP contribution < -0.4 is 0 Å². The molecule has 1 aliphatic carbocycles. The van der Waals surface area contributed by atoms with Crippen LogP contribution in [0.5, 0.6) is 0 Å². The number of aromatic nitrogens is 1. The van der Waals surface area contributed by atoms with E-state index >= 15 is 0 Å². The molecular formula is C18H22N2. The summed E-state index contributed by atoms with van der Waals surface area (Å²) in [5, 5.41) is 1.44. The fraction of sp³-hybridized carbons (Fsp3) is 0.444. The van der Waals surface area contributed by atoms with Crippen LogP contribution in [0.4, 0.5) is 0 Å². The predicted molar refractivity (Wildman–Crippen MR) is 84.8 cm³/mol. The molecular weight excluding hydrogens is 244 g/mol. The summed E-state index contributed by atoms with van der Waals surface area (Å²) in [6.45, 7) is 7.11. The number of hydrogen-bond acceptors (Lipinski definition) is 1. The summed E-state index contributed by atoms with van der Waals surface area (Å²) in [6.07, 6.45) is 7.09. The van der Waals surface area contributed by atoms with Crippen LogP contribution in [-0.4, -0.2) is 29.0 Å². The average molecular weight is 266 g/mol. The van der Waals surface area contributed by atoms with Crippen molar-refractivity contribution in [3.8, 4) is 0 Å². The number of fused-ring (bicyclic) bond motifs is 1. The van der Waals surface area contributed by atoms with Crippen molar-refractivity contribution in [1.29, 1.82) is 0 Å². The summed E-state index contributed by atoms with van der Waals surface area (Å²) in [5.74, 6) is 0.690. The van der Waals surface area contributed by atoms with E-state index in [1.807, 2.05) is 0 Å². The van der Waals surface area contributed by atoms with E-state index in [9.17, 15) is 0 Å². The quantitative estimate of drug-likeness (QED) is 0.875. The molecule has 0 saturated carbocycles. The molecule has 1 aromatic carbocycles. The van der Waals surface area contributed by atoms with Crippen molar-refractivity contribution in [1.82, 2.24) is 9.88 Å². The van der Waals surface area contributed by atoms with E-state index in [2.05, 4.69) is 54.2 Å². The molecule has 104 valence electrons. The summed E-state index contributed by atoms with van der Waals surface area (Å²) >= 11 is 0. The van der Waals surface area contributed by atoms with Gasteiger partial charge in [-0.15, -0.1) is 0 Å². The first kappa shape index (κ1) is 12.2. The van der Waals surface area contributed by atoms with Gasteiger partial charge < -0.3 is 4.98 Å². The fourth-order valence-corrected chi connectivity index (χ4v) is 4.10. The monoisotopic (exact) mass is 266 g/mol. The molecule has 0 amide bonds. The highest BCUT2D eigenvalue weighted by Gasteiger charge is 2.35. The van der Waals surface area contributed by atoms with Gasteiger partial charge in [0.2, 0.25) is 0 Å². The lowest BCUT2D eigenvalue weighted by Gasteiger charge is -2.23. The van der Waals surface area contributed by atoms with Crippen LogP contribution in [0.2, 0.25) is 0 Å². The minimum atomic E-state index is 0.608. The standard InChI is InChI=1S/C18H22N2/c1-3-7-20-11-12(2)15-8-13-5-4-6-16-18(13)14(10-19-16)9-17(15)20/h4-6,8,10,12,17,19H,3,7,9,11H2,1-2H3/t12-,17+/m0/s1. The zero-order chi connectivity index (χ0) is 13.7. The molecule has 1 aromatic heterocycles. The highest BCUT2D eigenvalue weighted by molar-refractivity contribution is 5.93. The molecule has 2 aromatic rings. The Hall–Kier alpha value is -1.54. The lowest BCUT2D eigenvalue weighted by Crippen LogP contribution is -2.32. The molecule has 1 aliphatic heterocycles. The third-order valence-corrected chi connectivity index (χ3v) is 4.97. The van der Waals surface area contributed by atoms with Crippen LogP contribution in [0.15, 0.2) is 30.0 Å². The zero-order valence-electron chi connectivity index (χ0n) is 12.3. The molecule has 2 aliphatic rings. The SMILES string of the molecule is CCCN1C[C@H](C)C2=Cc3cccc4[nH]cc(c34)C[C@H]21. The van der Waals surface area contributed by atoms with Crippen molar-refractivity contribution in [3.63, 3.8) is 0 Å².